The van der Waals surface area contributed by atoms with E-state index in [4.69, 9.17) is 5.73 Å². The Morgan fingerprint density at radius 3 is 2.20 bits per heavy atom. The molecule has 3 nitrogen and oxygen atoms in total. The van der Waals surface area contributed by atoms with E-state index < -0.39 is 18.4 Å². The molecule has 0 bridgehead atoms. The van der Waals surface area contributed by atoms with Gasteiger partial charge in [-0.25, -0.2) is 0 Å². The number of halogens is 3. The summed E-state index contributed by atoms with van der Waals surface area (Å²) in [6.45, 7) is -0.669. The van der Waals surface area contributed by atoms with E-state index in [1.54, 1.807) is 0 Å². The summed E-state index contributed by atoms with van der Waals surface area (Å²) in [4.78, 5) is 3.91. The second-order valence-corrected chi connectivity index (χ2v) is 1.42. The summed E-state index contributed by atoms with van der Waals surface area (Å²) in [7, 11) is 1.03. The maximum absolute atomic E-state index is 11.6. The Labute approximate surface area is 55.6 Å². The molecule has 0 radical (unpaired) electrons. The van der Waals surface area contributed by atoms with Crippen LogP contribution in [0.3, 0.4) is 0 Å². The molecule has 10 heavy (non-hydrogen) atoms. The maximum Gasteiger partial charge on any atom is 0.433 e. The Bertz CT molecular complexity index is 131. The first-order valence-electron chi connectivity index (χ1n) is 2.39. The highest BCUT2D eigenvalue weighted by molar-refractivity contribution is 5.90. The second-order valence-electron chi connectivity index (χ2n) is 1.42. The Balaban J connectivity index is 4.21. The van der Waals surface area contributed by atoms with Gasteiger partial charge in [0.05, 0.1) is 0 Å². The van der Waals surface area contributed by atoms with E-state index in [0.717, 1.165) is 7.11 Å². The van der Waals surface area contributed by atoms with Crippen LogP contribution in [0, 0.1) is 0 Å². The molecule has 0 amide bonds. The fourth-order valence-corrected chi connectivity index (χ4v) is 0.315. The monoisotopic (exact) mass is 156 g/mol. The highest BCUT2D eigenvalue weighted by Gasteiger charge is 2.35. The fraction of sp³-hybridized carbons (Fsp3) is 0.750. The standard InChI is InChI=1S/C4H7F3N2O/c1-10-9-3(2-8)4(5,6)7/h2,8H2,1H3. The number of nitrogens with zero attached hydrogens (tertiary/aromatic N) is 1. The molecule has 0 aliphatic rings. The highest BCUT2D eigenvalue weighted by atomic mass is 19.4. The van der Waals surface area contributed by atoms with Crippen molar-refractivity contribution in [3.63, 3.8) is 0 Å². The van der Waals surface area contributed by atoms with Gasteiger partial charge in [0.15, 0.2) is 5.71 Å². The molecule has 0 spiro atoms. The largest absolute Gasteiger partial charge is 0.433 e. The van der Waals surface area contributed by atoms with Gasteiger partial charge >= 0.3 is 6.18 Å². The zero-order chi connectivity index (χ0) is 8.20. The fourth-order valence-electron chi connectivity index (χ4n) is 0.315. The van der Waals surface area contributed by atoms with Crippen LogP contribution < -0.4 is 5.73 Å². The van der Waals surface area contributed by atoms with E-state index >= 15 is 0 Å². The second kappa shape index (κ2) is 3.40. The number of rotatable bonds is 2. The molecule has 2 N–H and O–H groups in total. The van der Waals surface area contributed by atoms with Crippen molar-refractivity contribution in [3.8, 4) is 0 Å². The molecular formula is C4H7F3N2O. The Morgan fingerprint density at radius 2 is 2.10 bits per heavy atom. The molecule has 0 aromatic carbocycles. The summed E-state index contributed by atoms with van der Waals surface area (Å²) in [6, 6.07) is 0. The molecule has 0 aromatic rings. The van der Waals surface area contributed by atoms with Gasteiger partial charge in [0.25, 0.3) is 0 Å². The smallest absolute Gasteiger partial charge is 0.399 e. The summed E-state index contributed by atoms with van der Waals surface area (Å²) in [6.07, 6.45) is -4.48. The van der Waals surface area contributed by atoms with Crippen LogP contribution >= 0.6 is 0 Å². The van der Waals surface area contributed by atoms with Gasteiger partial charge in [-0.3, -0.25) is 0 Å². The number of oxime groups is 1. The third-order valence-corrected chi connectivity index (χ3v) is 0.722. The lowest BCUT2D eigenvalue weighted by Crippen LogP contribution is -2.30. The third-order valence-electron chi connectivity index (χ3n) is 0.722. The first-order chi connectivity index (χ1) is 4.52. The number of hydrogen-bond donors (Lipinski definition) is 1. The Morgan fingerprint density at radius 1 is 1.60 bits per heavy atom. The van der Waals surface area contributed by atoms with Gasteiger partial charge in [-0.15, -0.1) is 0 Å². The average molecular weight is 156 g/mol. The van der Waals surface area contributed by atoms with E-state index in [9.17, 15) is 13.2 Å². The molecule has 60 valence electrons. The quantitative estimate of drug-likeness (QED) is 0.467. The van der Waals surface area contributed by atoms with E-state index in [-0.39, 0.29) is 0 Å². The predicted octanol–water partition coefficient (Wildman–Crippen LogP) is 0.510. The van der Waals surface area contributed by atoms with E-state index in [1.165, 1.54) is 0 Å². The van der Waals surface area contributed by atoms with E-state index in [1.807, 2.05) is 0 Å². The van der Waals surface area contributed by atoms with Gasteiger partial charge in [-0.2, -0.15) is 13.2 Å². The van der Waals surface area contributed by atoms with Crippen LogP contribution in [-0.2, 0) is 4.84 Å². The molecule has 0 heterocycles. The van der Waals surface area contributed by atoms with Crippen molar-refractivity contribution >= 4 is 5.71 Å². The molecule has 0 rings (SSSR count). The predicted molar refractivity (Wildman–Crippen MR) is 29.6 cm³/mol. The highest BCUT2D eigenvalue weighted by Crippen LogP contribution is 2.16. The minimum atomic E-state index is -4.48. The molecule has 0 unspecified atom stereocenters. The van der Waals surface area contributed by atoms with Crippen molar-refractivity contribution < 1.29 is 18.0 Å². The lowest BCUT2D eigenvalue weighted by Gasteiger charge is -2.05. The lowest BCUT2D eigenvalue weighted by molar-refractivity contribution is -0.0624. The summed E-state index contributed by atoms with van der Waals surface area (Å²) in [5.41, 5.74) is 3.60. The topological polar surface area (TPSA) is 47.6 Å². The molecule has 0 aliphatic heterocycles. The average Bonchev–Trinajstić information content (AvgIpc) is 1.80. The van der Waals surface area contributed by atoms with Crippen LogP contribution in [0.25, 0.3) is 0 Å². The van der Waals surface area contributed by atoms with Crippen molar-refractivity contribution in [2.75, 3.05) is 13.7 Å². The van der Waals surface area contributed by atoms with Crippen molar-refractivity contribution in [1.82, 2.24) is 0 Å². The molecular weight excluding hydrogens is 149 g/mol. The zero-order valence-corrected chi connectivity index (χ0v) is 5.27. The normalized spacial score (nSPS) is 13.5. The zero-order valence-electron chi connectivity index (χ0n) is 5.27. The van der Waals surface area contributed by atoms with E-state index in [0.29, 0.717) is 0 Å². The van der Waals surface area contributed by atoms with Crippen LogP contribution in [0.5, 0.6) is 0 Å². The van der Waals surface area contributed by atoms with Gasteiger partial charge in [0, 0.05) is 6.54 Å². The summed E-state index contributed by atoms with van der Waals surface area (Å²) in [5.74, 6) is 0. The third kappa shape index (κ3) is 2.67. The van der Waals surface area contributed by atoms with E-state index in [2.05, 4.69) is 9.99 Å². The van der Waals surface area contributed by atoms with Crippen molar-refractivity contribution in [2.45, 2.75) is 6.18 Å². The van der Waals surface area contributed by atoms with Crippen LogP contribution in [-0.4, -0.2) is 25.5 Å². The molecule has 6 heteroatoms. The number of nitrogens with two attached hydrogens (primary N) is 1. The van der Waals surface area contributed by atoms with Gasteiger partial charge in [-0.1, -0.05) is 5.16 Å². The SMILES string of the molecule is CON=C(CN)C(F)(F)F. The van der Waals surface area contributed by atoms with Gasteiger partial charge < -0.3 is 10.6 Å². The molecule has 0 aliphatic carbocycles. The minimum absolute atomic E-state index is 0.669. The van der Waals surface area contributed by atoms with Crippen molar-refractivity contribution in [3.05, 3.63) is 0 Å². The van der Waals surface area contributed by atoms with Gasteiger partial charge in [0.2, 0.25) is 0 Å². The molecule has 0 saturated heterocycles. The van der Waals surface area contributed by atoms with Crippen molar-refractivity contribution in [2.24, 2.45) is 10.9 Å². The Hall–Kier alpha value is -0.780. The van der Waals surface area contributed by atoms with Crippen molar-refractivity contribution in [1.29, 1.82) is 0 Å². The molecule has 0 aromatic heterocycles. The first kappa shape index (κ1) is 9.22. The van der Waals surface area contributed by atoms with Crippen LogP contribution in [0.1, 0.15) is 0 Å². The number of hydrogen-bond acceptors (Lipinski definition) is 3. The van der Waals surface area contributed by atoms with Gasteiger partial charge in [-0.05, 0) is 0 Å². The summed E-state index contributed by atoms with van der Waals surface area (Å²) < 4.78 is 34.8. The molecule has 0 fully saturated rings. The lowest BCUT2D eigenvalue weighted by atomic mass is 10.4. The molecule has 0 atom stereocenters. The van der Waals surface area contributed by atoms with Crippen LogP contribution in [0.4, 0.5) is 13.2 Å². The summed E-state index contributed by atoms with van der Waals surface area (Å²) in [5, 5.41) is 2.68. The summed E-state index contributed by atoms with van der Waals surface area (Å²) >= 11 is 0. The maximum atomic E-state index is 11.6. The van der Waals surface area contributed by atoms with Crippen LogP contribution in [0.2, 0.25) is 0 Å². The van der Waals surface area contributed by atoms with Crippen LogP contribution in [0.15, 0.2) is 5.16 Å². The minimum Gasteiger partial charge on any atom is -0.399 e. The van der Waals surface area contributed by atoms with Gasteiger partial charge in [0.1, 0.15) is 7.11 Å². The first-order valence-corrected chi connectivity index (χ1v) is 2.39. The number of alkyl halides is 3. The Kier molecular flexibility index (Phi) is 3.14. The molecule has 0 saturated carbocycles.